The van der Waals surface area contributed by atoms with Crippen molar-refractivity contribution in [2.45, 2.75) is 90.4 Å². The number of hydrogen-bond acceptors (Lipinski definition) is 6. The van der Waals surface area contributed by atoms with Crippen LogP contribution in [-0.4, -0.2) is 41.2 Å². The normalized spacial score (nSPS) is 15.7. The van der Waals surface area contributed by atoms with Crippen LogP contribution >= 0.6 is 0 Å². The van der Waals surface area contributed by atoms with Gasteiger partial charge in [0.05, 0.1) is 11.4 Å². The van der Waals surface area contributed by atoms with Gasteiger partial charge in [-0.1, -0.05) is 36.4 Å². The molecule has 0 bridgehead atoms. The lowest BCUT2D eigenvalue weighted by Gasteiger charge is -2.20. The predicted octanol–water partition coefficient (Wildman–Crippen LogP) is 7.63. The summed E-state index contributed by atoms with van der Waals surface area (Å²) in [4.78, 5) is 49.7. The largest absolute Gasteiger partial charge is 0.444 e. The molecule has 0 aromatic heterocycles. The Morgan fingerprint density at radius 3 is 1.91 bits per heavy atom. The van der Waals surface area contributed by atoms with E-state index >= 15 is 0 Å². The molecule has 2 atom stereocenters. The summed E-state index contributed by atoms with van der Waals surface area (Å²) in [6, 6.07) is 21.9. The summed E-state index contributed by atoms with van der Waals surface area (Å²) < 4.78 is 10.6. The number of carbonyl (C=O) groups excluding carboxylic acids is 4. The minimum absolute atomic E-state index is 0.0589. The lowest BCUT2D eigenvalue weighted by Crippen LogP contribution is -2.34. The molecule has 0 radical (unpaired) electrons. The first kappa shape index (κ1) is 34.0. The fourth-order valence-electron chi connectivity index (χ4n) is 4.80. The van der Waals surface area contributed by atoms with E-state index in [9.17, 15) is 19.2 Å². The highest BCUT2D eigenvalue weighted by Crippen LogP contribution is 2.41. The summed E-state index contributed by atoms with van der Waals surface area (Å²) in [5.74, 6) is -0.142. The van der Waals surface area contributed by atoms with E-state index in [1.165, 1.54) is 0 Å². The van der Waals surface area contributed by atoms with Gasteiger partial charge in [0.1, 0.15) is 11.2 Å². The summed E-state index contributed by atoms with van der Waals surface area (Å²) in [5, 5.41) is 11.4. The smallest absolute Gasteiger partial charge is 0.412 e. The Morgan fingerprint density at radius 1 is 0.717 bits per heavy atom. The molecular weight excluding hydrogens is 584 g/mol. The Morgan fingerprint density at radius 2 is 1.30 bits per heavy atom. The summed E-state index contributed by atoms with van der Waals surface area (Å²) in [6.45, 7) is 10.8. The van der Waals surface area contributed by atoms with Crippen molar-refractivity contribution < 1.29 is 28.7 Å². The second-order valence-electron chi connectivity index (χ2n) is 13.4. The SMILES string of the molecule is CC(C)(C)OC(=O)Nc1ccccc1NC(=O)c1ccc(CCCC(=O)Nc2ccc(C3CC3NC(=O)OC(C)(C)C)cc2)cc1. The molecule has 1 fully saturated rings. The number of hydrogen-bond donors (Lipinski definition) is 4. The molecular formula is C36H44N4O6. The van der Waals surface area contributed by atoms with E-state index in [1.54, 1.807) is 57.2 Å². The molecule has 2 unspecified atom stereocenters. The minimum Gasteiger partial charge on any atom is -0.444 e. The number of amides is 4. The maximum atomic E-state index is 12.9. The molecule has 10 heteroatoms. The third-order valence-corrected chi connectivity index (χ3v) is 7.01. The molecule has 1 aliphatic carbocycles. The fraction of sp³-hybridized carbons (Fsp3) is 0.389. The first-order valence-electron chi connectivity index (χ1n) is 15.5. The fourth-order valence-corrected chi connectivity index (χ4v) is 4.80. The van der Waals surface area contributed by atoms with Crippen molar-refractivity contribution in [3.63, 3.8) is 0 Å². The van der Waals surface area contributed by atoms with Gasteiger partial charge in [-0.3, -0.25) is 14.9 Å². The van der Waals surface area contributed by atoms with Gasteiger partial charge in [0.25, 0.3) is 5.91 Å². The van der Waals surface area contributed by atoms with E-state index in [2.05, 4.69) is 21.3 Å². The van der Waals surface area contributed by atoms with Crippen molar-refractivity contribution in [3.8, 4) is 0 Å². The van der Waals surface area contributed by atoms with Crippen molar-refractivity contribution in [2.75, 3.05) is 16.0 Å². The van der Waals surface area contributed by atoms with E-state index in [4.69, 9.17) is 9.47 Å². The second kappa shape index (κ2) is 14.5. The average molecular weight is 629 g/mol. The summed E-state index contributed by atoms with van der Waals surface area (Å²) in [7, 11) is 0. The van der Waals surface area contributed by atoms with Gasteiger partial charge >= 0.3 is 12.2 Å². The standard InChI is InChI=1S/C36H44N4O6/c1-35(2,3)45-33(43)39-29-12-8-7-11-28(29)38-32(42)25-16-14-23(15-17-25)10-9-13-31(41)37-26-20-18-24(19-21-26)27-22-30(27)40-34(44)46-36(4,5)6/h7-8,11-12,14-21,27,30H,9-10,13,22H2,1-6H3,(H,37,41)(H,38,42)(H,39,43)(H,40,44). The molecule has 244 valence electrons. The van der Waals surface area contributed by atoms with Gasteiger partial charge in [-0.15, -0.1) is 0 Å². The molecule has 0 saturated heterocycles. The number of carbonyl (C=O) groups is 4. The molecule has 0 aliphatic heterocycles. The lowest BCUT2D eigenvalue weighted by molar-refractivity contribution is -0.116. The van der Waals surface area contributed by atoms with Crippen LogP contribution in [0.25, 0.3) is 0 Å². The maximum absolute atomic E-state index is 12.9. The van der Waals surface area contributed by atoms with Gasteiger partial charge in [-0.2, -0.15) is 0 Å². The number of benzene rings is 3. The van der Waals surface area contributed by atoms with E-state index < -0.39 is 23.4 Å². The molecule has 3 aromatic rings. The van der Waals surface area contributed by atoms with Crippen LogP contribution < -0.4 is 21.3 Å². The first-order valence-corrected chi connectivity index (χ1v) is 15.5. The van der Waals surface area contributed by atoms with Crippen molar-refractivity contribution in [2.24, 2.45) is 0 Å². The first-order chi connectivity index (χ1) is 21.6. The average Bonchev–Trinajstić information content (AvgIpc) is 3.71. The molecule has 0 heterocycles. The number of ether oxygens (including phenoxy) is 2. The topological polar surface area (TPSA) is 135 Å². The highest BCUT2D eigenvalue weighted by atomic mass is 16.6. The van der Waals surface area contributed by atoms with Crippen LogP contribution in [0.15, 0.2) is 72.8 Å². The summed E-state index contributed by atoms with van der Waals surface area (Å²) in [5.41, 5.74) is 3.02. The third-order valence-electron chi connectivity index (χ3n) is 7.01. The monoisotopic (exact) mass is 628 g/mol. The zero-order valence-corrected chi connectivity index (χ0v) is 27.4. The summed E-state index contributed by atoms with van der Waals surface area (Å²) in [6.07, 6.45) is 1.54. The van der Waals surface area contributed by atoms with Crippen molar-refractivity contribution in [3.05, 3.63) is 89.5 Å². The Bertz CT molecular complexity index is 1540. The van der Waals surface area contributed by atoms with E-state index in [0.717, 1.165) is 23.2 Å². The third kappa shape index (κ3) is 10.9. The Balaban J connectivity index is 1.19. The van der Waals surface area contributed by atoms with Gasteiger partial charge in [0.2, 0.25) is 5.91 Å². The molecule has 10 nitrogen and oxygen atoms in total. The van der Waals surface area contributed by atoms with Gasteiger partial charge in [-0.25, -0.2) is 9.59 Å². The Labute approximate surface area is 270 Å². The van der Waals surface area contributed by atoms with Crippen LogP contribution in [0, 0.1) is 0 Å². The molecule has 4 N–H and O–H groups in total. The number of rotatable bonds is 10. The van der Waals surface area contributed by atoms with Crippen LogP contribution in [0.1, 0.15) is 88.2 Å². The van der Waals surface area contributed by atoms with Gasteiger partial charge < -0.3 is 25.4 Å². The van der Waals surface area contributed by atoms with E-state index in [1.807, 2.05) is 57.2 Å². The van der Waals surface area contributed by atoms with Crippen LogP contribution in [-0.2, 0) is 20.7 Å². The summed E-state index contributed by atoms with van der Waals surface area (Å²) >= 11 is 0. The minimum atomic E-state index is -0.647. The van der Waals surface area contributed by atoms with Crippen molar-refractivity contribution in [1.82, 2.24) is 5.32 Å². The van der Waals surface area contributed by atoms with Gasteiger partial charge in [0, 0.05) is 29.6 Å². The van der Waals surface area contributed by atoms with E-state index in [0.29, 0.717) is 36.2 Å². The van der Waals surface area contributed by atoms with Crippen molar-refractivity contribution >= 4 is 41.1 Å². The number of para-hydroxylation sites is 2. The zero-order chi connectivity index (χ0) is 33.5. The number of nitrogens with one attached hydrogen (secondary N) is 4. The number of aryl methyl sites for hydroxylation is 1. The Kier molecular flexibility index (Phi) is 10.7. The molecule has 46 heavy (non-hydrogen) atoms. The number of alkyl carbamates (subject to hydrolysis) is 1. The number of anilines is 3. The molecule has 3 aromatic carbocycles. The Hall–Kier alpha value is -4.86. The zero-order valence-electron chi connectivity index (χ0n) is 27.4. The molecule has 0 spiro atoms. The predicted molar refractivity (Wildman–Crippen MR) is 179 cm³/mol. The van der Waals surface area contributed by atoms with Crippen LogP contribution in [0.3, 0.4) is 0 Å². The highest BCUT2D eigenvalue weighted by molar-refractivity contribution is 6.06. The van der Waals surface area contributed by atoms with Crippen LogP contribution in [0.4, 0.5) is 26.7 Å². The van der Waals surface area contributed by atoms with Gasteiger partial charge in [-0.05, 0) is 108 Å². The van der Waals surface area contributed by atoms with Crippen LogP contribution in [0.2, 0.25) is 0 Å². The highest BCUT2D eigenvalue weighted by Gasteiger charge is 2.40. The quantitative estimate of drug-likeness (QED) is 0.182. The van der Waals surface area contributed by atoms with Gasteiger partial charge in [0.15, 0.2) is 0 Å². The second-order valence-corrected chi connectivity index (χ2v) is 13.4. The molecule has 4 rings (SSSR count). The van der Waals surface area contributed by atoms with E-state index in [-0.39, 0.29) is 23.8 Å². The molecule has 4 amide bonds. The van der Waals surface area contributed by atoms with Crippen molar-refractivity contribution in [1.29, 1.82) is 0 Å². The molecule has 1 saturated carbocycles. The van der Waals surface area contributed by atoms with Crippen LogP contribution in [0.5, 0.6) is 0 Å². The molecule has 1 aliphatic rings. The lowest BCUT2D eigenvalue weighted by atomic mass is 10.1. The maximum Gasteiger partial charge on any atom is 0.412 e.